The van der Waals surface area contributed by atoms with Gasteiger partial charge in [-0.05, 0) is 49.9 Å². The Morgan fingerprint density at radius 2 is 1.61 bits per heavy atom. The molecule has 0 heterocycles. The molecule has 3 N–H and O–H groups in total. The van der Waals surface area contributed by atoms with E-state index in [-0.39, 0.29) is 23.9 Å². The molecule has 0 aliphatic carbocycles. The minimum absolute atomic E-state index is 0. The van der Waals surface area contributed by atoms with Crippen LogP contribution in [0.25, 0.3) is 0 Å². The van der Waals surface area contributed by atoms with Crippen LogP contribution in [0.3, 0.4) is 0 Å². The topological polar surface area (TPSA) is 55.1 Å². The third-order valence-electron chi connectivity index (χ3n) is 3.70. The number of hydrogen-bond acceptors (Lipinski definition) is 2. The third-order valence-corrected chi connectivity index (χ3v) is 3.70. The van der Waals surface area contributed by atoms with Gasteiger partial charge in [0.2, 0.25) is 5.91 Å². The van der Waals surface area contributed by atoms with Crippen molar-refractivity contribution in [3.8, 4) is 0 Å². The van der Waals surface area contributed by atoms with Gasteiger partial charge in [0.05, 0.1) is 6.42 Å². The van der Waals surface area contributed by atoms with Crippen LogP contribution in [0, 0.1) is 0 Å². The smallest absolute Gasteiger partial charge is 0.224 e. The van der Waals surface area contributed by atoms with E-state index < -0.39 is 0 Å². The summed E-state index contributed by atoms with van der Waals surface area (Å²) in [5.41, 5.74) is 8.42. The van der Waals surface area contributed by atoms with E-state index in [9.17, 15) is 4.79 Å². The molecule has 0 atom stereocenters. The van der Waals surface area contributed by atoms with Crippen LogP contribution < -0.4 is 11.1 Å². The Morgan fingerprint density at radius 3 is 2.22 bits per heavy atom. The first-order valence-corrected chi connectivity index (χ1v) is 7.64. The van der Waals surface area contributed by atoms with E-state index in [2.05, 4.69) is 31.3 Å². The molecule has 2 aromatic carbocycles. The number of aryl methyl sites for hydroxylation is 1. The van der Waals surface area contributed by atoms with E-state index in [4.69, 9.17) is 5.73 Å². The lowest BCUT2D eigenvalue weighted by Crippen LogP contribution is -2.44. The van der Waals surface area contributed by atoms with Crippen molar-refractivity contribution in [1.82, 2.24) is 5.32 Å². The predicted molar refractivity (Wildman–Crippen MR) is 98.8 cm³/mol. The summed E-state index contributed by atoms with van der Waals surface area (Å²) in [4.78, 5) is 12.2. The maximum absolute atomic E-state index is 12.2. The number of hydrogen-bond donors (Lipinski definition) is 2. The fraction of sp³-hybridized carbons (Fsp3) is 0.316. The second kappa shape index (κ2) is 8.59. The molecule has 4 heteroatoms. The zero-order valence-electron chi connectivity index (χ0n) is 13.7. The van der Waals surface area contributed by atoms with Gasteiger partial charge in [0.1, 0.15) is 0 Å². The highest BCUT2D eigenvalue weighted by Crippen LogP contribution is 2.14. The monoisotopic (exact) mass is 332 g/mol. The zero-order chi connectivity index (χ0) is 16.0. The maximum atomic E-state index is 12.2. The Hall–Kier alpha value is -2.00. The van der Waals surface area contributed by atoms with E-state index in [0.29, 0.717) is 12.1 Å². The van der Waals surface area contributed by atoms with Crippen LogP contribution in [0.4, 0.5) is 5.69 Å². The summed E-state index contributed by atoms with van der Waals surface area (Å²) >= 11 is 0. The SMILES string of the molecule is CC(C)(CCc1ccccc1)NC(=O)Cc1ccc(N)cc1.Cl. The lowest BCUT2D eigenvalue weighted by molar-refractivity contribution is -0.122. The minimum atomic E-state index is -0.221. The van der Waals surface area contributed by atoms with Crippen molar-refractivity contribution in [2.24, 2.45) is 0 Å². The lowest BCUT2D eigenvalue weighted by atomic mass is 9.95. The second-order valence-corrected chi connectivity index (χ2v) is 6.34. The molecule has 0 bridgehead atoms. The lowest BCUT2D eigenvalue weighted by Gasteiger charge is -2.26. The van der Waals surface area contributed by atoms with Gasteiger partial charge in [-0.25, -0.2) is 0 Å². The van der Waals surface area contributed by atoms with Crippen LogP contribution in [0.5, 0.6) is 0 Å². The number of anilines is 1. The molecular formula is C19H25ClN2O. The van der Waals surface area contributed by atoms with Crippen LogP contribution in [-0.4, -0.2) is 11.4 Å². The Bertz CT molecular complexity index is 609. The summed E-state index contributed by atoms with van der Waals surface area (Å²) < 4.78 is 0. The van der Waals surface area contributed by atoms with E-state index >= 15 is 0 Å². The molecule has 2 rings (SSSR count). The number of amides is 1. The molecule has 23 heavy (non-hydrogen) atoms. The molecule has 3 nitrogen and oxygen atoms in total. The van der Waals surface area contributed by atoms with Crippen molar-refractivity contribution in [3.05, 3.63) is 65.7 Å². The Kier molecular flexibility index (Phi) is 7.11. The molecule has 2 aromatic rings. The largest absolute Gasteiger partial charge is 0.399 e. The maximum Gasteiger partial charge on any atom is 0.224 e. The normalized spacial score (nSPS) is 10.7. The van der Waals surface area contributed by atoms with E-state index in [1.807, 2.05) is 42.5 Å². The fourth-order valence-electron chi connectivity index (χ4n) is 2.41. The van der Waals surface area contributed by atoms with Crippen molar-refractivity contribution >= 4 is 24.0 Å². The standard InChI is InChI=1S/C19H24N2O.ClH/c1-19(2,13-12-15-6-4-3-5-7-15)21-18(22)14-16-8-10-17(20)11-9-16;/h3-11H,12-14,20H2,1-2H3,(H,21,22);1H. The molecule has 0 radical (unpaired) electrons. The van der Waals surface area contributed by atoms with Crippen molar-refractivity contribution in [2.45, 2.75) is 38.6 Å². The van der Waals surface area contributed by atoms with Gasteiger partial charge in [0, 0.05) is 11.2 Å². The molecule has 0 saturated heterocycles. The molecule has 1 amide bonds. The number of benzene rings is 2. The number of rotatable bonds is 6. The van der Waals surface area contributed by atoms with Gasteiger partial charge in [-0.2, -0.15) is 0 Å². The first-order valence-electron chi connectivity index (χ1n) is 7.64. The molecule has 0 aliphatic heterocycles. The number of halogens is 1. The van der Waals surface area contributed by atoms with Gasteiger partial charge in [-0.1, -0.05) is 42.5 Å². The summed E-state index contributed by atoms with van der Waals surface area (Å²) in [5.74, 6) is 0.0443. The first-order chi connectivity index (χ1) is 10.4. The molecule has 0 spiro atoms. The van der Waals surface area contributed by atoms with Crippen LogP contribution in [0.15, 0.2) is 54.6 Å². The van der Waals surface area contributed by atoms with Gasteiger partial charge in [-0.15, -0.1) is 12.4 Å². The summed E-state index contributed by atoms with van der Waals surface area (Å²) in [6.07, 6.45) is 2.25. The van der Waals surface area contributed by atoms with Crippen molar-refractivity contribution in [1.29, 1.82) is 0 Å². The number of nitrogens with two attached hydrogens (primary N) is 1. The van der Waals surface area contributed by atoms with E-state index in [0.717, 1.165) is 18.4 Å². The highest BCUT2D eigenvalue weighted by molar-refractivity contribution is 5.85. The summed E-state index contributed by atoms with van der Waals surface area (Å²) in [6.45, 7) is 4.13. The summed E-state index contributed by atoms with van der Waals surface area (Å²) in [6, 6.07) is 17.8. The van der Waals surface area contributed by atoms with Crippen molar-refractivity contribution in [2.75, 3.05) is 5.73 Å². The quantitative estimate of drug-likeness (QED) is 0.791. The first kappa shape index (κ1) is 19.0. The minimum Gasteiger partial charge on any atom is -0.399 e. The Labute approximate surface area is 144 Å². The number of nitrogens with one attached hydrogen (secondary N) is 1. The van der Waals surface area contributed by atoms with Crippen molar-refractivity contribution < 1.29 is 4.79 Å². The van der Waals surface area contributed by atoms with Crippen LogP contribution in [0.1, 0.15) is 31.4 Å². The van der Waals surface area contributed by atoms with E-state index in [1.165, 1.54) is 5.56 Å². The van der Waals surface area contributed by atoms with Crippen LogP contribution in [-0.2, 0) is 17.6 Å². The fourth-order valence-corrected chi connectivity index (χ4v) is 2.41. The van der Waals surface area contributed by atoms with Gasteiger partial charge in [0.15, 0.2) is 0 Å². The molecule has 0 aliphatic rings. The number of carbonyl (C=O) groups is 1. The molecule has 0 aromatic heterocycles. The highest BCUT2D eigenvalue weighted by atomic mass is 35.5. The average molecular weight is 333 g/mol. The second-order valence-electron chi connectivity index (χ2n) is 6.34. The van der Waals surface area contributed by atoms with Gasteiger partial charge < -0.3 is 11.1 Å². The average Bonchev–Trinajstić information content (AvgIpc) is 2.48. The summed E-state index contributed by atoms with van der Waals surface area (Å²) in [7, 11) is 0. The highest BCUT2D eigenvalue weighted by Gasteiger charge is 2.20. The molecule has 0 unspecified atom stereocenters. The molecule has 0 saturated carbocycles. The molecule has 124 valence electrons. The van der Waals surface area contributed by atoms with E-state index in [1.54, 1.807) is 0 Å². The van der Waals surface area contributed by atoms with Gasteiger partial charge in [0.25, 0.3) is 0 Å². The van der Waals surface area contributed by atoms with Gasteiger partial charge in [-0.3, -0.25) is 4.79 Å². The molecule has 0 fully saturated rings. The Morgan fingerprint density at radius 1 is 1.00 bits per heavy atom. The van der Waals surface area contributed by atoms with Gasteiger partial charge >= 0.3 is 0 Å². The number of nitrogen functional groups attached to an aromatic ring is 1. The van der Waals surface area contributed by atoms with Crippen LogP contribution in [0.2, 0.25) is 0 Å². The zero-order valence-corrected chi connectivity index (χ0v) is 14.5. The Balaban J connectivity index is 0.00000264. The van der Waals surface area contributed by atoms with Crippen molar-refractivity contribution in [3.63, 3.8) is 0 Å². The number of carbonyl (C=O) groups excluding carboxylic acids is 1. The summed E-state index contributed by atoms with van der Waals surface area (Å²) in [5, 5.41) is 3.12. The third kappa shape index (κ3) is 6.74. The van der Waals surface area contributed by atoms with Crippen LogP contribution >= 0.6 is 12.4 Å². The molecular weight excluding hydrogens is 308 g/mol. The predicted octanol–water partition coefficient (Wildman–Crippen LogP) is 3.76.